The third-order valence-corrected chi connectivity index (χ3v) is 4.42. The number of carbonyl (C=O) groups excluding carboxylic acids is 2. The quantitative estimate of drug-likeness (QED) is 0.864. The van der Waals surface area contributed by atoms with Crippen LogP contribution in [0.5, 0.6) is 11.5 Å². The van der Waals surface area contributed by atoms with E-state index in [0.717, 1.165) is 5.56 Å². The van der Waals surface area contributed by atoms with Crippen LogP contribution < -0.4 is 14.8 Å². The lowest BCUT2D eigenvalue weighted by molar-refractivity contribution is -0.128. The van der Waals surface area contributed by atoms with Crippen molar-refractivity contribution in [2.24, 2.45) is 0 Å². The van der Waals surface area contributed by atoms with Crippen LogP contribution in [0.1, 0.15) is 22.3 Å². The van der Waals surface area contributed by atoms with Gasteiger partial charge in [0.25, 0.3) is 5.91 Å². The molecule has 1 aliphatic heterocycles. The van der Waals surface area contributed by atoms with Gasteiger partial charge in [0.15, 0.2) is 0 Å². The zero-order valence-corrected chi connectivity index (χ0v) is 14.9. The van der Waals surface area contributed by atoms with Crippen molar-refractivity contribution in [3.05, 3.63) is 59.7 Å². The van der Waals surface area contributed by atoms with Crippen molar-refractivity contribution in [2.75, 3.05) is 20.8 Å². The second kappa shape index (κ2) is 7.91. The monoisotopic (exact) mass is 354 g/mol. The second-order valence-corrected chi connectivity index (χ2v) is 6.20. The molecule has 0 bridgehead atoms. The van der Waals surface area contributed by atoms with E-state index in [1.54, 1.807) is 30.2 Å². The molecule has 0 saturated carbocycles. The van der Waals surface area contributed by atoms with Crippen LogP contribution in [0.15, 0.2) is 48.5 Å². The number of likely N-dealkylation sites (tertiary alicyclic amines) is 1. The molecule has 1 saturated heterocycles. The Morgan fingerprint density at radius 1 is 1.15 bits per heavy atom. The summed E-state index contributed by atoms with van der Waals surface area (Å²) < 4.78 is 10.4. The average molecular weight is 354 g/mol. The number of amides is 2. The molecule has 0 aliphatic carbocycles. The molecule has 0 aromatic heterocycles. The molecule has 1 heterocycles. The van der Waals surface area contributed by atoms with Gasteiger partial charge in [-0.3, -0.25) is 9.59 Å². The Balaban J connectivity index is 1.64. The summed E-state index contributed by atoms with van der Waals surface area (Å²) in [6.45, 7) is 1.05. The van der Waals surface area contributed by atoms with Crippen LogP contribution in [-0.4, -0.2) is 43.5 Å². The van der Waals surface area contributed by atoms with E-state index in [4.69, 9.17) is 9.47 Å². The van der Waals surface area contributed by atoms with E-state index < -0.39 is 0 Å². The van der Waals surface area contributed by atoms with Crippen LogP contribution in [0, 0.1) is 0 Å². The van der Waals surface area contributed by atoms with E-state index in [9.17, 15) is 9.59 Å². The van der Waals surface area contributed by atoms with Crippen molar-refractivity contribution in [2.45, 2.75) is 19.0 Å². The van der Waals surface area contributed by atoms with Crippen molar-refractivity contribution >= 4 is 11.8 Å². The molecule has 1 aliphatic rings. The van der Waals surface area contributed by atoms with E-state index in [1.807, 2.05) is 30.3 Å². The molecule has 26 heavy (non-hydrogen) atoms. The van der Waals surface area contributed by atoms with E-state index in [1.165, 1.54) is 7.11 Å². The molecular formula is C20H22N2O4. The molecule has 0 radical (unpaired) electrons. The van der Waals surface area contributed by atoms with Crippen molar-refractivity contribution in [3.63, 3.8) is 0 Å². The van der Waals surface area contributed by atoms with E-state index >= 15 is 0 Å². The molecule has 2 aromatic rings. The fraction of sp³-hybridized carbons (Fsp3) is 0.300. The summed E-state index contributed by atoms with van der Waals surface area (Å²) in [5.74, 6) is 0.834. The largest absolute Gasteiger partial charge is 0.497 e. The van der Waals surface area contributed by atoms with Gasteiger partial charge in [-0.15, -0.1) is 0 Å². The van der Waals surface area contributed by atoms with Gasteiger partial charge in [-0.2, -0.15) is 0 Å². The molecule has 1 fully saturated rings. The Hall–Kier alpha value is -3.02. The summed E-state index contributed by atoms with van der Waals surface area (Å²) in [7, 11) is 3.06. The highest BCUT2D eigenvalue weighted by atomic mass is 16.5. The first kappa shape index (κ1) is 17.8. The lowest BCUT2D eigenvalue weighted by Crippen LogP contribution is -2.37. The van der Waals surface area contributed by atoms with Crippen LogP contribution in [0.3, 0.4) is 0 Å². The standard InChI is InChI=1S/C20H22N2O4/c1-25-16-8-9-17(18(11-16)26-2)20(24)21-15-10-19(23)22(13-15)12-14-6-4-3-5-7-14/h3-9,11,15H,10,12-13H2,1-2H3,(H,21,24)/t15-/m0/s1. The summed E-state index contributed by atoms with van der Waals surface area (Å²) >= 11 is 0. The number of hydrogen-bond donors (Lipinski definition) is 1. The van der Waals surface area contributed by atoms with Crippen LogP contribution in [0.2, 0.25) is 0 Å². The highest BCUT2D eigenvalue weighted by Crippen LogP contribution is 2.25. The topological polar surface area (TPSA) is 67.9 Å². The van der Waals surface area contributed by atoms with Crippen molar-refractivity contribution in [1.82, 2.24) is 10.2 Å². The number of carbonyl (C=O) groups is 2. The maximum Gasteiger partial charge on any atom is 0.255 e. The fourth-order valence-electron chi connectivity index (χ4n) is 3.07. The minimum absolute atomic E-state index is 0.0425. The maximum absolute atomic E-state index is 12.6. The molecule has 1 N–H and O–H groups in total. The third kappa shape index (κ3) is 3.96. The normalized spacial score (nSPS) is 16.5. The van der Waals surface area contributed by atoms with E-state index in [0.29, 0.717) is 36.6 Å². The minimum Gasteiger partial charge on any atom is -0.497 e. The van der Waals surface area contributed by atoms with Crippen LogP contribution in [0.25, 0.3) is 0 Å². The first-order valence-electron chi connectivity index (χ1n) is 8.45. The lowest BCUT2D eigenvalue weighted by Gasteiger charge is -2.18. The number of methoxy groups -OCH3 is 2. The zero-order chi connectivity index (χ0) is 18.5. The van der Waals surface area contributed by atoms with Crippen molar-refractivity contribution in [3.8, 4) is 11.5 Å². The van der Waals surface area contributed by atoms with Crippen LogP contribution >= 0.6 is 0 Å². The third-order valence-electron chi connectivity index (χ3n) is 4.42. The molecule has 136 valence electrons. The molecular weight excluding hydrogens is 332 g/mol. The van der Waals surface area contributed by atoms with E-state index in [2.05, 4.69) is 5.32 Å². The molecule has 3 rings (SSSR count). The highest BCUT2D eigenvalue weighted by molar-refractivity contribution is 5.97. The minimum atomic E-state index is -0.260. The number of nitrogens with zero attached hydrogens (tertiary/aromatic N) is 1. The predicted molar refractivity (Wildman–Crippen MR) is 97.3 cm³/mol. The van der Waals surface area contributed by atoms with Crippen LogP contribution in [-0.2, 0) is 11.3 Å². The Morgan fingerprint density at radius 3 is 2.62 bits per heavy atom. The Bertz CT molecular complexity index is 792. The second-order valence-electron chi connectivity index (χ2n) is 6.20. The number of hydrogen-bond acceptors (Lipinski definition) is 4. The molecule has 1 atom stereocenters. The van der Waals surface area contributed by atoms with Crippen LogP contribution in [0.4, 0.5) is 0 Å². The molecule has 0 unspecified atom stereocenters. The predicted octanol–water partition coefficient (Wildman–Crippen LogP) is 2.23. The van der Waals surface area contributed by atoms with Gasteiger partial charge in [0, 0.05) is 25.6 Å². The SMILES string of the molecule is COc1ccc(C(=O)N[C@H]2CC(=O)N(Cc3ccccc3)C2)c(OC)c1. The molecule has 6 nitrogen and oxygen atoms in total. The van der Waals surface area contributed by atoms with Gasteiger partial charge in [0.1, 0.15) is 11.5 Å². The highest BCUT2D eigenvalue weighted by Gasteiger charge is 2.31. The number of benzene rings is 2. The Morgan fingerprint density at radius 2 is 1.92 bits per heavy atom. The summed E-state index contributed by atoms with van der Waals surface area (Å²) in [4.78, 5) is 26.6. The van der Waals surface area contributed by atoms with Gasteiger partial charge in [-0.1, -0.05) is 30.3 Å². The van der Waals surface area contributed by atoms with Crippen molar-refractivity contribution in [1.29, 1.82) is 0 Å². The lowest BCUT2D eigenvalue weighted by atomic mass is 10.1. The first-order valence-corrected chi connectivity index (χ1v) is 8.45. The average Bonchev–Trinajstić information content (AvgIpc) is 3.00. The molecule has 0 spiro atoms. The Kier molecular flexibility index (Phi) is 5.41. The smallest absolute Gasteiger partial charge is 0.255 e. The number of nitrogens with one attached hydrogen (secondary N) is 1. The summed E-state index contributed by atoms with van der Waals surface area (Å²) in [6.07, 6.45) is 0.303. The van der Waals surface area contributed by atoms with Gasteiger partial charge in [-0.25, -0.2) is 0 Å². The fourth-order valence-corrected chi connectivity index (χ4v) is 3.07. The summed E-state index contributed by atoms with van der Waals surface area (Å²) in [6, 6.07) is 14.6. The number of rotatable bonds is 6. The molecule has 6 heteroatoms. The number of ether oxygens (including phenoxy) is 2. The van der Waals surface area contributed by atoms with Gasteiger partial charge < -0.3 is 19.7 Å². The zero-order valence-electron chi connectivity index (χ0n) is 14.9. The summed E-state index contributed by atoms with van der Waals surface area (Å²) in [5, 5.41) is 2.93. The van der Waals surface area contributed by atoms with Gasteiger partial charge in [0.2, 0.25) is 5.91 Å². The first-order chi connectivity index (χ1) is 12.6. The summed E-state index contributed by atoms with van der Waals surface area (Å²) in [5.41, 5.74) is 1.49. The van der Waals surface area contributed by atoms with Crippen molar-refractivity contribution < 1.29 is 19.1 Å². The maximum atomic E-state index is 12.6. The van der Waals surface area contributed by atoms with Gasteiger partial charge in [-0.05, 0) is 17.7 Å². The van der Waals surface area contributed by atoms with Gasteiger partial charge in [0.05, 0.1) is 25.8 Å². The Labute approximate surface area is 152 Å². The van der Waals surface area contributed by atoms with E-state index in [-0.39, 0.29) is 17.9 Å². The molecule has 2 aromatic carbocycles. The van der Waals surface area contributed by atoms with Gasteiger partial charge >= 0.3 is 0 Å². The molecule has 2 amide bonds.